The van der Waals surface area contributed by atoms with Crippen molar-refractivity contribution in [1.82, 2.24) is 15.2 Å². The number of nitrogens with one attached hydrogen (secondary N) is 1. The molecule has 3 rings (SSSR count). The zero-order chi connectivity index (χ0) is 13.9. The highest BCUT2D eigenvalue weighted by atomic mass is 32.1. The fourth-order valence-corrected chi connectivity index (χ4v) is 3.95. The van der Waals surface area contributed by atoms with E-state index < -0.39 is 0 Å². The number of fused-ring (bicyclic) bond motifs is 1. The molecule has 20 heavy (non-hydrogen) atoms. The van der Waals surface area contributed by atoms with Crippen LogP contribution in [0.5, 0.6) is 0 Å². The molecule has 0 spiro atoms. The fraction of sp³-hybridized carbons (Fsp3) is 0.562. The van der Waals surface area contributed by atoms with Crippen molar-refractivity contribution in [1.29, 1.82) is 0 Å². The molecule has 2 atom stereocenters. The second-order valence-corrected chi connectivity index (χ2v) is 6.82. The molecule has 1 aromatic carbocycles. The van der Waals surface area contributed by atoms with Gasteiger partial charge in [-0.05, 0) is 18.1 Å². The predicted octanol–water partition coefficient (Wildman–Crippen LogP) is 3.12. The van der Waals surface area contributed by atoms with Crippen LogP contribution in [0.3, 0.4) is 0 Å². The number of para-hydroxylation sites is 1. The van der Waals surface area contributed by atoms with Gasteiger partial charge in [-0.15, -0.1) is 11.3 Å². The third-order valence-corrected chi connectivity index (χ3v) is 5.40. The highest BCUT2D eigenvalue weighted by Crippen LogP contribution is 2.25. The van der Waals surface area contributed by atoms with E-state index in [4.69, 9.17) is 4.98 Å². The number of hydrogen-bond donors (Lipinski definition) is 1. The van der Waals surface area contributed by atoms with Gasteiger partial charge in [-0.3, -0.25) is 4.90 Å². The zero-order valence-electron chi connectivity index (χ0n) is 12.3. The molecule has 0 aliphatic carbocycles. The maximum Gasteiger partial charge on any atom is 0.108 e. The van der Waals surface area contributed by atoms with Gasteiger partial charge in [0.05, 0.1) is 16.8 Å². The number of piperazine rings is 1. The van der Waals surface area contributed by atoms with Gasteiger partial charge >= 0.3 is 0 Å². The summed E-state index contributed by atoms with van der Waals surface area (Å²) in [6.45, 7) is 8.98. The lowest BCUT2D eigenvalue weighted by atomic mass is 9.96. The molecule has 2 unspecified atom stereocenters. The maximum atomic E-state index is 4.78. The Morgan fingerprint density at radius 2 is 2.30 bits per heavy atom. The maximum absolute atomic E-state index is 4.78. The molecule has 1 aliphatic heterocycles. The van der Waals surface area contributed by atoms with Crippen LogP contribution in [-0.4, -0.2) is 35.6 Å². The first-order valence-corrected chi connectivity index (χ1v) is 8.38. The van der Waals surface area contributed by atoms with E-state index in [0.717, 1.165) is 37.6 Å². The Morgan fingerprint density at radius 3 is 3.10 bits per heavy atom. The van der Waals surface area contributed by atoms with Crippen LogP contribution in [0.1, 0.15) is 25.3 Å². The Hall–Kier alpha value is -0.970. The van der Waals surface area contributed by atoms with Crippen molar-refractivity contribution in [3.8, 4) is 0 Å². The molecule has 0 amide bonds. The minimum Gasteiger partial charge on any atom is -0.314 e. The molecule has 3 nitrogen and oxygen atoms in total. The summed E-state index contributed by atoms with van der Waals surface area (Å²) in [6, 6.07) is 9.08. The lowest BCUT2D eigenvalue weighted by molar-refractivity contribution is 0.109. The molecule has 1 fully saturated rings. The summed E-state index contributed by atoms with van der Waals surface area (Å²) in [5.74, 6) is 0.733. The molecule has 1 N–H and O–H groups in total. The normalized spacial score (nSPS) is 22.2. The summed E-state index contributed by atoms with van der Waals surface area (Å²) in [4.78, 5) is 7.40. The topological polar surface area (TPSA) is 28.2 Å². The van der Waals surface area contributed by atoms with Crippen molar-refractivity contribution < 1.29 is 0 Å². The number of nitrogens with zero attached hydrogens (tertiary/aromatic N) is 2. The smallest absolute Gasteiger partial charge is 0.108 e. The second-order valence-electron chi connectivity index (χ2n) is 5.70. The van der Waals surface area contributed by atoms with Crippen LogP contribution in [-0.2, 0) is 6.54 Å². The van der Waals surface area contributed by atoms with Gasteiger partial charge in [0, 0.05) is 25.7 Å². The highest BCUT2D eigenvalue weighted by Gasteiger charge is 2.26. The van der Waals surface area contributed by atoms with Crippen molar-refractivity contribution in [3.05, 3.63) is 29.3 Å². The monoisotopic (exact) mass is 289 g/mol. The fourth-order valence-electron chi connectivity index (χ4n) is 2.96. The number of hydrogen-bond acceptors (Lipinski definition) is 4. The molecule has 2 heterocycles. The van der Waals surface area contributed by atoms with Crippen LogP contribution < -0.4 is 5.32 Å². The Balaban J connectivity index is 1.77. The average molecular weight is 289 g/mol. The standard InChI is InChI=1S/C16H23N3S/c1-3-12(2)14-10-17-8-9-19(14)11-16-18-13-6-4-5-7-15(13)20-16/h4-7,12,14,17H,3,8-11H2,1-2H3. The molecule has 0 saturated carbocycles. The van der Waals surface area contributed by atoms with Gasteiger partial charge in [0.15, 0.2) is 0 Å². The Kier molecular flexibility index (Phi) is 4.34. The lowest BCUT2D eigenvalue weighted by Gasteiger charge is -2.39. The van der Waals surface area contributed by atoms with Crippen molar-refractivity contribution in [2.75, 3.05) is 19.6 Å². The zero-order valence-corrected chi connectivity index (χ0v) is 13.1. The summed E-state index contributed by atoms with van der Waals surface area (Å²) < 4.78 is 1.30. The lowest BCUT2D eigenvalue weighted by Crippen LogP contribution is -2.53. The number of benzene rings is 1. The van der Waals surface area contributed by atoms with E-state index in [2.05, 4.69) is 48.3 Å². The number of aromatic nitrogens is 1. The first-order valence-electron chi connectivity index (χ1n) is 7.57. The SMILES string of the molecule is CCC(C)C1CNCCN1Cc1nc2ccccc2s1. The van der Waals surface area contributed by atoms with Gasteiger partial charge in [0.25, 0.3) is 0 Å². The Morgan fingerprint density at radius 1 is 1.45 bits per heavy atom. The van der Waals surface area contributed by atoms with Gasteiger partial charge in [-0.25, -0.2) is 4.98 Å². The van der Waals surface area contributed by atoms with E-state index in [9.17, 15) is 0 Å². The molecular formula is C16H23N3S. The van der Waals surface area contributed by atoms with Gasteiger partial charge in [0.2, 0.25) is 0 Å². The summed E-state index contributed by atoms with van der Waals surface area (Å²) in [5.41, 5.74) is 1.14. The van der Waals surface area contributed by atoms with Crippen molar-refractivity contribution >= 4 is 21.6 Å². The van der Waals surface area contributed by atoms with Gasteiger partial charge in [-0.1, -0.05) is 32.4 Å². The Bertz CT molecular complexity index is 533. The van der Waals surface area contributed by atoms with Crippen molar-refractivity contribution in [2.24, 2.45) is 5.92 Å². The van der Waals surface area contributed by atoms with Crippen LogP contribution in [0, 0.1) is 5.92 Å². The van der Waals surface area contributed by atoms with E-state index in [-0.39, 0.29) is 0 Å². The molecule has 1 saturated heterocycles. The molecule has 1 aromatic heterocycles. The van der Waals surface area contributed by atoms with Gasteiger partial charge in [-0.2, -0.15) is 0 Å². The first-order chi connectivity index (χ1) is 9.78. The minimum atomic E-state index is 0.640. The molecule has 4 heteroatoms. The van der Waals surface area contributed by atoms with Crippen molar-refractivity contribution in [2.45, 2.75) is 32.9 Å². The quantitative estimate of drug-likeness (QED) is 0.937. The van der Waals surface area contributed by atoms with Crippen LogP contribution in [0.2, 0.25) is 0 Å². The summed E-state index contributed by atoms with van der Waals surface area (Å²) in [7, 11) is 0. The highest BCUT2D eigenvalue weighted by molar-refractivity contribution is 7.18. The minimum absolute atomic E-state index is 0.640. The molecular weight excluding hydrogens is 266 g/mol. The largest absolute Gasteiger partial charge is 0.314 e. The molecule has 1 aliphatic rings. The molecule has 2 aromatic rings. The number of rotatable bonds is 4. The molecule has 108 valence electrons. The second kappa shape index (κ2) is 6.20. The summed E-state index contributed by atoms with van der Waals surface area (Å²) in [5, 5.41) is 4.79. The number of thiazole rings is 1. The van der Waals surface area contributed by atoms with Gasteiger partial charge in [0.1, 0.15) is 5.01 Å². The third kappa shape index (κ3) is 2.87. The summed E-state index contributed by atoms with van der Waals surface area (Å²) in [6.07, 6.45) is 1.24. The van der Waals surface area contributed by atoms with E-state index >= 15 is 0 Å². The van der Waals surface area contributed by atoms with Crippen LogP contribution in [0.15, 0.2) is 24.3 Å². The Labute approximate surface area is 125 Å². The van der Waals surface area contributed by atoms with Crippen LogP contribution >= 0.6 is 11.3 Å². The summed E-state index contributed by atoms with van der Waals surface area (Å²) >= 11 is 1.84. The van der Waals surface area contributed by atoms with Gasteiger partial charge < -0.3 is 5.32 Å². The average Bonchev–Trinajstić information content (AvgIpc) is 2.89. The van der Waals surface area contributed by atoms with Crippen LogP contribution in [0.4, 0.5) is 0 Å². The van der Waals surface area contributed by atoms with E-state index in [1.54, 1.807) is 0 Å². The molecule has 0 bridgehead atoms. The van der Waals surface area contributed by atoms with E-state index in [0.29, 0.717) is 6.04 Å². The third-order valence-electron chi connectivity index (χ3n) is 4.38. The van der Waals surface area contributed by atoms with E-state index in [1.807, 2.05) is 11.3 Å². The van der Waals surface area contributed by atoms with E-state index in [1.165, 1.54) is 16.1 Å². The predicted molar refractivity (Wildman–Crippen MR) is 86.1 cm³/mol. The van der Waals surface area contributed by atoms with Crippen LogP contribution in [0.25, 0.3) is 10.2 Å². The molecule has 0 radical (unpaired) electrons. The first kappa shape index (κ1) is 14.0. The van der Waals surface area contributed by atoms with Crippen molar-refractivity contribution in [3.63, 3.8) is 0 Å².